The second-order valence-electron chi connectivity index (χ2n) is 12.4. The van der Waals surface area contributed by atoms with Gasteiger partial charge in [0, 0.05) is 36.5 Å². The molecule has 0 spiro atoms. The molecule has 0 aromatic heterocycles. The first-order chi connectivity index (χ1) is 18.2. The highest BCUT2D eigenvalue weighted by Gasteiger charge is 2.70. The zero-order valence-corrected chi connectivity index (χ0v) is 23.2. The Morgan fingerprint density at radius 1 is 1.13 bits per heavy atom. The Balaban J connectivity index is 1.66. The van der Waals surface area contributed by atoms with E-state index < -0.39 is 52.8 Å². The second-order valence-corrected chi connectivity index (χ2v) is 12.4. The number of carbonyl (C=O) groups excluding carboxylic acids is 4. The van der Waals surface area contributed by atoms with E-state index in [1.807, 2.05) is 13.0 Å². The molecule has 4 rings (SSSR count). The molecule has 0 bridgehead atoms. The molecule has 0 aliphatic heterocycles. The molecule has 3 fully saturated rings. The summed E-state index contributed by atoms with van der Waals surface area (Å²) in [6.07, 6.45) is 6.73. The summed E-state index contributed by atoms with van der Waals surface area (Å²) in [5.41, 5.74) is -1.93. The van der Waals surface area contributed by atoms with Gasteiger partial charge in [0.2, 0.25) is 5.78 Å². The van der Waals surface area contributed by atoms with Crippen molar-refractivity contribution in [3.05, 3.63) is 23.8 Å². The van der Waals surface area contributed by atoms with Crippen LogP contribution in [0.2, 0.25) is 0 Å². The predicted molar refractivity (Wildman–Crippen MR) is 139 cm³/mol. The number of unbranched alkanes of at least 4 members (excludes halogenated alkanes) is 1. The standard InChI is InChI=1S/C30H40O9/c1-17-13-20-21-10-12-30(24(34)16-38-18(2)31,39-26(37)8-6-5-7-25(35)36)29(21,4)15-23(33)27(20)28(3)11-9-19(32)14-22(17)28/h9,11,14,17,20-21,23,27,33H,5-8,10,12-13,15-16H2,1-4H3,(H,35,36)/t17-,20-,21-,23-,27+,28-,29-,30-/m0/s1. The van der Waals surface area contributed by atoms with Crippen LogP contribution in [0.15, 0.2) is 23.8 Å². The number of fused-ring (bicyclic) bond motifs is 5. The molecule has 9 heteroatoms. The molecule has 0 heterocycles. The van der Waals surface area contributed by atoms with Crippen LogP contribution in [0.5, 0.6) is 0 Å². The van der Waals surface area contributed by atoms with E-state index in [1.165, 1.54) is 6.92 Å². The molecule has 0 aromatic rings. The first-order valence-corrected chi connectivity index (χ1v) is 14.0. The summed E-state index contributed by atoms with van der Waals surface area (Å²) in [6.45, 7) is 6.76. The van der Waals surface area contributed by atoms with Gasteiger partial charge in [0.15, 0.2) is 18.0 Å². The number of ketones is 2. The number of carboxylic acids is 1. The van der Waals surface area contributed by atoms with E-state index in [0.29, 0.717) is 19.3 Å². The van der Waals surface area contributed by atoms with E-state index in [1.54, 1.807) is 12.2 Å². The third kappa shape index (κ3) is 4.98. The summed E-state index contributed by atoms with van der Waals surface area (Å²) in [5, 5.41) is 20.6. The van der Waals surface area contributed by atoms with Crippen molar-refractivity contribution in [1.29, 1.82) is 0 Å². The van der Waals surface area contributed by atoms with E-state index in [4.69, 9.17) is 14.6 Å². The summed E-state index contributed by atoms with van der Waals surface area (Å²) in [5.74, 6) is -2.78. The SMILES string of the molecule is CC(=O)OCC(=O)[C@@]1(OC(=O)CCCCC(=O)O)CC[C@H]2[C@@H]3C[C@H](C)C4=CC(=O)C=C[C@]4(C)[C@H]3[C@@H](O)C[C@@]21C. The van der Waals surface area contributed by atoms with Crippen molar-refractivity contribution in [1.82, 2.24) is 0 Å². The number of hydrogen-bond acceptors (Lipinski definition) is 8. The third-order valence-corrected chi connectivity index (χ3v) is 10.1. The van der Waals surface area contributed by atoms with Gasteiger partial charge in [0.1, 0.15) is 0 Å². The lowest BCUT2D eigenvalue weighted by atomic mass is 9.44. The fourth-order valence-electron chi connectivity index (χ4n) is 8.49. The summed E-state index contributed by atoms with van der Waals surface area (Å²) in [6, 6.07) is 0. The first-order valence-electron chi connectivity index (χ1n) is 14.0. The second kappa shape index (κ2) is 10.6. The van der Waals surface area contributed by atoms with E-state index >= 15 is 0 Å². The number of carbonyl (C=O) groups is 5. The molecule has 4 aliphatic rings. The van der Waals surface area contributed by atoms with E-state index in [9.17, 15) is 29.1 Å². The van der Waals surface area contributed by atoms with Crippen molar-refractivity contribution < 1.29 is 43.7 Å². The molecule has 8 atom stereocenters. The molecule has 0 amide bonds. The van der Waals surface area contributed by atoms with Crippen LogP contribution >= 0.6 is 0 Å². The largest absolute Gasteiger partial charge is 0.481 e. The van der Waals surface area contributed by atoms with Crippen LogP contribution in [0.25, 0.3) is 0 Å². The van der Waals surface area contributed by atoms with Crippen molar-refractivity contribution >= 4 is 29.5 Å². The van der Waals surface area contributed by atoms with Gasteiger partial charge in [0.05, 0.1) is 6.10 Å². The van der Waals surface area contributed by atoms with Gasteiger partial charge in [-0.3, -0.25) is 24.0 Å². The van der Waals surface area contributed by atoms with Crippen LogP contribution in [-0.2, 0) is 33.4 Å². The van der Waals surface area contributed by atoms with Gasteiger partial charge in [-0.1, -0.05) is 32.4 Å². The average Bonchev–Trinajstić information content (AvgIpc) is 3.13. The predicted octanol–water partition coefficient (Wildman–Crippen LogP) is 3.57. The van der Waals surface area contributed by atoms with Crippen LogP contribution < -0.4 is 0 Å². The van der Waals surface area contributed by atoms with Crippen molar-refractivity contribution in [3.63, 3.8) is 0 Å². The average molecular weight is 545 g/mol. The first kappa shape index (κ1) is 29.2. The van der Waals surface area contributed by atoms with E-state index in [-0.39, 0.29) is 55.1 Å². The Kier molecular flexibility index (Phi) is 7.96. The van der Waals surface area contributed by atoms with E-state index in [0.717, 1.165) is 12.0 Å². The van der Waals surface area contributed by atoms with Crippen LogP contribution in [0.3, 0.4) is 0 Å². The maximum atomic E-state index is 13.8. The van der Waals surface area contributed by atoms with Crippen molar-refractivity contribution in [3.8, 4) is 0 Å². The monoisotopic (exact) mass is 544 g/mol. The molecule has 3 saturated carbocycles. The van der Waals surface area contributed by atoms with Gasteiger partial charge in [-0.25, -0.2) is 0 Å². The number of hydrogen-bond donors (Lipinski definition) is 2. The minimum absolute atomic E-state index is 0.0198. The number of Topliss-reactive ketones (excluding diaryl/α,β-unsaturated/α-hetero) is 1. The molecule has 0 aromatic carbocycles. The van der Waals surface area contributed by atoms with Gasteiger partial charge >= 0.3 is 17.9 Å². The third-order valence-electron chi connectivity index (χ3n) is 10.1. The Hall–Kier alpha value is -2.81. The van der Waals surface area contributed by atoms with Gasteiger partial charge in [-0.2, -0.15) is 0 Å². The highest BCUT2D eigenvalue weighted by atomic mass is 16.6. The summed E-state index contributed by atoms with van der Waals surface area (Å²) in [4.78, 5) is 61.4. The highest BCUT2D eigenvalue weighted by molar-refractivity contribution is 6.01. The number of rotatable bonds is 9. The smallest absolute Gasteiger partial charge is 0.306 e. The molecular weight excluding hydrogens is 504 g/mol. The number of ether oxygens (including phenoxy) is 2. The molecule has 0 radical (unpaired) electrons. The Morgan fingerprint density at radius 3 is 2.49 bits per heavy atom. The number of esters is 2. The Morgan fingerprint density at radius 2 is 1.82 bits per heavy atom. The normalized spacial score (nSPS) is 38.6. The highest BCUT2D eigenvalue weighted by Crippen LogP contribution is 2.68. The van der Waals surface area contributed by atoms with Crippen LogP contribution in [0.1, 0.15) is 79.1 Å². The van der Waals surface area contributed by atoms with Crippen molar-refractivity contribution in [2.75, 3.05) is 6.61 Å². The van der Waals surface area contributed by atoms with Crippen LogP contribution in [-0.4, -0.2) is 58.0 Å². The maximum Gasteiger partial charge on any atom is 0.306 e. The molecule has 4 aliphatic carbocycles. The maximum absolute atomic E-state index is 13.8. The number of carboxylic acid groups (broad SMARTS) is 1. The summed E-state index contributed by atoms with van der Waals surface area (Å²) in [7, 11) is 0. The minimum Gasteiger partial charge on any atom is -0.481 e. The number of aliphatic hydroxyl groups is 1. The number of aliphatic carboxylic acids is 1. The minimum atomic E-state index is -1.57. The molecule has 0 saturated heterocycles. The summed E-state index contributed by atoms with van der Waals surface area (Å²) >= 11 is 0. The molecule has 39 heavy (non-hydrogen) atoms. The zero-order chi connectivity index (χ0) is 28.8. The lowest BCUT2D eigenvalue weighted by molar-refractivity contribution is -0.202. The van der Waals surface area contributed by atoms with Crippen molar-refractivity contribution in [2.45, 2.75) is 90.8 Å². The fourth-order valence-corrected chi connectivity index (χ4v) is 8.49. The number of allylic oxidation sites excluding steroid dienone is 4. The van der Waals surface area contributed by atoms with Crippen LogP contribution in [0, 0.1) is 34.5 Å². The Labute approximate surface area is 229 Å². The molecular formula is C30H40O9. The fraction of sp³-hybridized carbons (Fsp3) is 0.700. The van der Waals surface area contributed by atoms with Gasteiger partial charge in [-0.05, 0) is 68.4 Å². The molecule has 9 nitrogen and oxygen atoms in total. The van der Waals surface area contributed by atoms with Gasteiger partial charge in [0.25, 0.3) is 0 Å². The van der Waals surface area contributed by atoms with E-state index in [2.05, 4.69) is 13.8 Å². The molecule has 0 unspecified atom stereocenters. The lowest BCUT2D eigenvalue weighted by Crippen LogP contribution is -2.63. The Bertz CT molecular complexity index is 1120. The molecule has 2 N–H and O–H groups in total. The quantitative estimate of drug-likeness (QED) is 0.329. The van der Waals surface area contributed by atoms with Gasteiger partial charge in [-0.15, -0.1) is 0 Å². The topological polar surface area (TPSA) is 144 Å². The van der Waals surface area contributed by atoms with Gasteiger partial charge < -0.3 is 19.7 Å². The zero-order valence-electron chi connectivity index (χ0n) is 23.2. The van der Waals surface area contributed by atoms with Crippen LogP contribution in [0.4, 0.5) is 0 Å². The number of aliphatic hydroxyl groups excluding tert-OH is 1. The summed E-state index contributed by atoms with van der Waals surface area (Å²) < 4.78 is 11.1. The lowest BCUT2D eigenvalue weighted by Gasteiger charge is -2.61. The van der Waals surface area contributed by atoms with Crippen molar-refractivity contribution in [2.24, 2.45) is 34.5 Å². The molecule has 214 valence electrons.